The number of aryl methyl sites for hydroxylation is 1. The maximum atomic E-state index is 14.7. The Morgan fingerprint density at radius 1 is 1.16 bits per heavy atom. The van der Waals surface area contributed by atoms with Gasteiger partial charge in [0.05, 0.1) is 53.2 Å². The van der Waals surface area contributed by atoms with Crippen LogP contribution < -0.4 is 16.0 Å². The number of methoxy groups -OCH3 is 1. The Morgan fingerprint density at radius 3 is 2.49 bits per heavy atom. The van der Waals surface area contributed by atoms with Crippen molar-refractivity contribution in [3.8, 4) is 16.5 Å². The summed E-state index contributed by atoms with van der Waals surface area (Å²) in [6, 6.07) is 7.45. The molecule has 5 heterocycles. The van der Waals surface area contributed by atoms with Crippen LogP contribution in [0, 0.1) is 6.92 Å². The zero-order valence-electron chi connectivity index (χ0n) is 28.3. The Bertz CT molecular complexity index is 2130. The van der Waals surface area contributed by atoms with Crippen LogP contribution in [0.15, 0.2) is 50.7 Å². The minimum absolute atomic E-state index is 0.0195. The molecule has 4 atom stereocenters. The number of nitrogens with zero attached hydrogens (tertiary/aromatic N) is 3. The number of para-hydroxylation sites is 1. The zero-order chi connectivity index (χ0) is 34.9. The fraction of sp³-hybridized carbons (Fsp3) is 0.543. The molecule has 2 bridgehead atoms. The summed E-state index contributed by atoms with van der Waals surface area (Å²) in [5.41, 5.74) is -1.97. The molecule has 0 N–H and O–H groups in total. The van der Waals surface area contributed by atoms with Crippen LogP contribution in [0.4, 0.5) is 0 Å². The molecule has 3 aromatic heterocycles. The van der Waals surface area contributed by atoms with Crippen molar-refractivity contribution in [1.82, 2.24) is 14.1 Å². The number of sulfone groups is 1. The summed E-state index contributed by atoms with van der Waals surface area (Å²) in [5.74, 6) is -0.638. The summed E-state index contributed by atoms with van der Waals surface area (Å²) in [7, 11) is -2.23. The van der Waals surface area contributed by atoms with Gasteiger partial charge in [-0.3, -0.25) is 14.2 Å². The number of thiophene rings is 1. The van der Waals surface area contributed by atoms with Crippen molar-refractivity contribution in [2.45, 2.75) is 107 Å². The van der Waals surface area contributed by atoms with Crippen LogP contribution >= 0.6 is 11.3 Å². The summed E-state index contributed by atoms with van der Waals surface area (Å²) >= 11 is 1.20. The summed E-state index contributed by atoms with van der Waals surface area (Å²) < 4.78 is 52.1. The third-order valence-electron chi connectivity index (χ3n) is 10.5. The van der Waals surface area contributed by atoms with E-state index in [1.54, 1.807) is 21.0 Å². The lowest BCUT2D eigenvalue weighted by Gasteiger charge is -2.33. The first-order valence-electron chi connectivity index (χ1n) is 16.6. The van der Waals surface area contributed by atoms with Gasteiger partial charge >= 0.3 is 5.69 Å². The molecule has 3 aliphatic rings. The molecule has 2 saturated heterocycles. The quantitative estimate of drug-likeness (QED) is 0.198. The maximum Gasteiger partial charge on any atom is 0.333 e. The molecule has 7 rings (SSSR count). The van der Waals surface area contributed by atoms with Crippen LogP contribution in [0.25, 0.3) is 21.0 Å². The van der Waals surface area contributed by atoms with E-state index in [0.29, 0.717) is 46.7 Å². The summed E-state index contributed by atoms with van der Waals surface area (Å²) in [6.45, 7) is 6.21. The lowest BCUT2D eigenvalue weighted by Crippen LogP contribution is -2.54. The monoisotopic (exact) mass is 711 g/mol. The third kappa shape index (κ3) is 5.89. The molecule has 3 fully saturated rings. The van der Waals surface area contributed by atoms with Crippen LogP contribution in [0.1, 0.15) is 76.5 Å². The number of rotatable bonds is 12. The molecule has 262 valence electrons. The number of ether oxygens (including phenoxy) is 3. The molecular weight excluding hydrogens is 671 g/mol. The normalized spacial score (nSPS) is 22.3. The topological polar surface area (TPSA) is 149 Å². The summed E-state index contributed by atoms with van der Waals surface area (Å²) in [6.07, 6.45) is 6.66. The second-order valence-electron chi connectivity index (χ2n) is 14.2. The molecule has 0 radical (unpaired) electrons. The number of hydrogen-bond donors (Lipinski definition) is 0. The van der Waals surface area contributed by atoms with Crippen molar-refractivity contribution in [1.29, 1.82) is 0 Å². The van der Waals surface area contributed by atoms with E-state index in [0.717, 1.165) is 23.0 Å². The minimum Gasteiger partial charge on any atom is -0.496 e. The Kier molecular flexibility index (Phi) is 8.52. The number of benzene rings is 1. The molecule has 49 heavy (non-hydrogen) atoms. The van der Waals surface area contributed by atoms with Gasteiger partial charge < -0.3 is 18.6 Å². The van der Waals surface area contributed by atoms with Gasteiger partial charge in [0.25, 0.3) is 5.56 Å². The fourth-order valence-electron chi connectivity index (χ4n) is 7.14. The van der Waals surface area contributed by atoms with Crippen molar-refractivity contribution in [3.05, 3.63) is 68.7 Å². The van der Waals surface area contributed by atoms with E-state index in [1.165, 1.54) is 42.2 Å². The van der Waals surface area contributed by atoms with E-state index in [-0.39, 0.29) is 36.1 Å². The summed E-state index contributed by atoms with van der Waals surface area (Å²) in [4.78, 5) is 48.3. The van der Waals surface area contributed by atoms with Crippen molar-refractivity contribution in [3.63, 3.8) is 0 Å². The van der Waals surface area contributed by atoms with E-state index in [2.05, 4.69) is 4.98 Å². The first kappa shape index (κ1) is 33.9. The van der Waals surface area contributed by atoms with Gasteiger partial charge in [-0.1, -0.05) is 18.2 Å². The standard InChI is InChI=1S/C35H41N3O9S2/c1-20-28-31(40)38(34(2,3)27(39)19-49(42,43)35(4)12-13-35)33(41)37(32(28)48-29(20)30-36-14-15-45-30)18-26(24-8-6-7-9-25(24)44-5)47-23-16-21-10-11-22(17-23)46-21/h6-9,14-15,21-23,26H,10-13,16-19H2,1-5H3/t21-,22+,23?,26-/m0/s1. The van der Waals surface area contributed by atoms with E-state index < -0.39 is 49.0 Å². The van der Waals surface area contributed by atoms with Gasteiger partial charge in [0.2, 0.25) is 5.89 Å². The zero-order valence-corrected chi connectivity index (χ0v) is 29.9. The van der Waals surface area contributed by atoms with Crippen LogP contribution in [-0.2, 0) is 36.2 Å². The lowest BCUT2D eigenvalue weighted by atomic mass is 9.99. The van der Waals surface area contributed by atoms with E-state index in [9.17, 15) is 22.8 Å². The first-order valence-corrected chi connectivity index (χ1v) is 19.1. The molecule has 1 unspecified atom stereocenters. The third-order valence-corrected chi connectivity index (χ3v) is 14.4. The molecule has 2 aliphatic heterocycles. The molecule has 1 aliphatic carbocycles. The van der Waals surface area contributed by atoms with Crippen molar-refractivity contribution < 1.29 is 31.8 Å². The highest BCUT2D eigenvalue weighted by molar-refractivity contribution is 7.93. The minimum atomic E-state index is -3.81. The van der Waals surface area contributed by atoms with E-state index in [1.807, 2.05) is 24.3 Å². The van der Waals surface area contributed by atoms with Crippen molar-refractivity contribution in [2.24, 2.45) is 0 Å². The highest BCUT2D eigenvalue weighted by Gasteiger charge is 2.52. The van der Waals surface area contributed by atoms with E-state index in [4.69, 9.17) is 18.6 Å². The second-order valence-corrected chi connectivity index (χ2v) is 17.7. The average molecular weight is 712 g/mol. The number of carbonyl (C=O) groups is 1. The maximum absolute atomic E-state index is 14.7. The number of fused-ring (bicyclic) bond motifs is 3. The molecule has 4 aromatic rings. The SMILES string of the molecule is COc1ccccc1[C@H](Cn1c(=O)n(C(C)(C)C(=O)CS(=O)(=O)C2(C)CC2)c(=O)c2c(C)c(-c3ncco3)sc21)OC1C[C@H]2CC[C@@H](C1)O2. The van der Waals surface area contributed by atoms with Gasteiger partial charge in [0.1, 0.15) is 34.2 Å². The Morgan fingerprint density at radius 2 is 1.86 bits per heavy atom. The average Bonchev–Trinajstić information content (AvgIpc) is 3.35. The van der Waals surface area contributed by atoms with Crippen LogP contribution in [0.2, 0.25) is 0 Å². The highest BCUT2D eigenvalue weighted by Crippen LogP contribution is 2.44. The predicted molar refractivity (Wildman–Crippen MR) is 184 cm³/mol. The molecule has 0 spiro atoms. The first-order chi connectivity index (χ1) is 23.2. The number of aromatic nitrogens is 3. The smallest absolute Gasteiger partial charge is 0.333 e. The largest absolute Gasteiger partial charge is 0.496 e. The lowest BCUT2D eigenvalue weighted by molar-refractivity contribution is -0.123. The Hall–Kier alpha value is -3.59. The highest BCUT2D eigenvalue weighted by atomic mass is 32.2. The van der Waals surface area contributed by atoms with Crippen LogP contribution in [-0.4, -0.2) is 64.2 Å². The predicted octanol–water partition coefficient (Wildman–Crippen LogP) is 4.94. The number of carbonyl (C=O) groups excluding carboxylic acids is 1. The van der Waals surface area contributed by atoms with E-state index >= 15 is 0 Å². The number of oxazole rings is 1. The van der Waals surface area contributed by atoms with Crippen molar-refractivity contribution >= 4 is 37.2 Å². The summed E-state index contributed by atoms with van der Waals surface area (Å²) in [5, 5.41) is 0.221. The second kappa shape index (κ2) is 12.3. The molecule has 1 saturated carbocycles. The molecule has 14 heteroatoms. The van der Waals surface area contributed by atoms with Gasteiger partial charge in [0.15, 0.2) is 15.6 Å². The van der Waals surface area contributed by atoms with Crippen LogP contribution in [0.3, 0.4) is 0 Å². The number of Topliss-reactive ketones (excluding diaryl/α,β-unsaturated/α-hetero) is 1. The van der Waals surface area contributed by atoms with Gasteiger partial charge in [-0.25, -0.2) is 22.8 Å². The number of ketones is 1. The van der Waals surface area contributed by atoms with Gasteiger partial charge in [-0.15, -0.1) is 11.3 Å². The molecule has 12 nitrogen and oxygen atoms in total. The van der Waals surface area contributed by atoms with Gasteiger partial charge in [-0.2, -0.15) is 0 Å². The van der Waals surface area contributed by atoms with Gasteiger partial charge in [0, 0.05) is 5.56 Å². The van der Waals surface area contributed by atoms with Crippen molar-refractivity contribution in [2.75, 3.05) is 12.9 Å². The molecular formula is C35H41N3O9S2. The van der Waals surface area contributed by atoms with Crippen LogP contribution in [0.5, 0.6) is 5.75 Å². The molecule has 0 amide bonds. The Labute approximate surface area is 287 Å². The fourth-order valence-corrected chi connectivity index (χ4v) is 10.2. The Balaban J connectivity index is 1.39. The number of hydrogen-bond acceptors (Lipinski definition) is 11. The van der Waals surface area contributed by atoms with Gasteiger partial charge in [-0.05, 0) is 77.8 Å². The molecule has 1 aromatic carbocycles.